The van der Waals surface area contributed by atoms with Crippen LogP contribution in [0.5, 0.6) is 0 Å². The first-order chi connectivity index (χ1) is 12.1. The summed E-state index contributed by atoms with van der Waals surface area (Å²) in [6, 6.07) is 6.26. The monoisotopic (exact) mass is 353 g/mol. The number of hydrogen-bond acceptors (Lipinski definition) is 5. The fraction of sp³-hybridized carbons (Fsp3) is 0.278. The van der Waals surface area contributed by atoms with Crippen molar-refractivity contribution in [3.8, 4) is 11.1 Å². The molecule has 25 heavy (non-hydrogen) atoms. The Morgan fingerprint density at radius 1 is 1.32 bits per heavy atom. The molecule has 0 saturated heterocycles. The van der Waals surface area contributed by atoms with Crippen molar-refractivity contribution in [1.82, 2.24) is 19.9 Å². The van der Waals surface area contributed by atoms with Gasteiger partial charge in [-0.1, -0.05) is 6.07 Å². The van der Waals surface area contributed by atoms with E-state index in [1.54, 1.807) is 17.5 Å². The summed E-state index contributed by atoms with van der Waals surface area (Å²) in [5.74, 6) is 0.457. The van der Waals surface area contributed by atoms with Gasteiger partial charge >= 0.3 is 0 Å². The molecule has 1 aliphatic rings. The predicted molar refractivity (Wildman–Crippen MR) is 98.8 cm³/mol. The molecule has 0 atom stereocenters. The summed E-state index contributed by atoms with van der Waals surface area (Å²) >= 11 is 1.69. The molecule has 5 rings (SSSR count). The van der Waals surface area contributed by atoms with Gasteiger partial charge in [-0.05, 0) is 37.5 Å². The van der Waals surface area contributed by atoms with E-state index in [-0.39, 0.29) is 6.54 Å². The summed E-state index contributed by atoms with van der Waals surface area (Å²) in [4.78, 5) is 16.5. The average Bonchev–Trinajstić information content (AvgIpc) is 3.04. The SMILES string of the molecule is Cc1nc2ccc(-c3c[nH]c4nc(NCC5(F)CC5)ncc34)cc2s1. The minimum absolute atomic E-state index is 0.271. The second-order valence-electron chi connectivity index (χ2n) is 6.58. The van der Waals surface area contributed by atoms with Crippen LogP contribution in [0.25, 0.3) is 32.4 Å². The number of aromatic amines is 1. The lowest BCUT2D eigenvalue weighted by Gasteiger charge is -2.07. The van der Waals surface area contributed by atoms with Gasteiger partial charge in [0.2, 0.25) is 5.95 Å². The summed E-state index contributed by atoms with van der Waals surface area (Å²) in [5.41, 5.74) is 2.86. The van der Waals surface area contributed by atoms with Crippen molar-refractivity contribution in [2.45, 2.75) is 25.4 Å². The largest absolute Gasteiger partial charge is 0.351 e. The second kappa shape index (κ2) is 5.23. The van der Waals surface area contributed by atoms with Crippen molar-refractivity contribution in [2.24, 2.45) is 0 Å². The van der Waals surface area contributed by atoms with E-state index in [4.69, 9.17) is 0 Å². The molecule has 0 radical (unpaired) electrons. The molecule has 1 aliphatic carbocycles. The summed E-state index contributed by atoms with van der Waals surface area (Å²) < 4.78 is 14.9. The third-order valence-corrected chi connectivity index (χ3v) is 5.53. The Hall–Kier alpha value is -2.54. The lowest BCUT2D eigenvalue weighted by atomic mass is 10.1. The van der Waals surface area contributed by atoms with Gasteiger partial charge in [-0.15, -0.1) is 11.3 Å². The Bertz CT molecular complexity index is 1100. The van der Waals surface area contributed by atoms with Crippen LogP contribution in [0.4, 0.5) is 10.3 Å². The first-order valence-electron chi connectivity index (χ1n) is 8.24. The van der Waals surface area contributed by atoms with Crippen molar-refractivity contribution in [3.05, 3.63) is 35.6 Å². The van der Waals surface area contributed by atoms with Crippen LogP contribution in [0.1, 0.15) is 17.8 Å². The highest BCUT2D eigenvalue weighted by Crippen LogP contribution is 2.39. The highest BCUT2D eigenvalue weighted by atomic mass is 32.1. The van der Waals surface area contributed by atoms with Crippen molar-refractivity contribution >= 4 is 38.5 Å². The zero-order valence-electron chi connectivity index (χ0n) is 13.6. The number of nitrogens with zero attached hydrogens (tertiary/aromatic N) is 3. The van der Waals surface area contributed by atoms with Crippen molar-refractivity contribution in [1.29, 1.82) is 0 Å². The number of fused-ring (bicyclic) bond motifs is 2. The van der Waals surface area contributed by atoms with E-state index >= 15 is 0 Å². The molecule has 0 amide bonds. The van der Waals surface area contributed by atoms with E-state index in [0.717, 1.165) is 32.7 Å². The molecule has 2 N–H and O–H groups in total. The summed E-state index contributed by atoms with van der Waals surface area (Å²) in [6.07, 6.45) is 4.97. The zero-order chi connectivity index (χ0) is 17.0. The second-order valence-corrected chi connectivity index (χ2v) is 7.81. The van der Waals surface area contributed by atoms with Gasteiger partial charge in [-0.3, -0.25) is 0 Å². The Morgan fingerprint density at radius 2 is 2.20 bits per heavy atom. The number of halogens is 1. The van der Waals surface area contributed by atoms with Crippen LogP contribution in [0.3, 0.4) is 0 Å². The quantitative estimate of drug-likeness (QED) is 0.568. The molecule has 0 spiro atoms. The third kappa shape index (κ3) is 2.64. The van der Waals surface area contributed by atoms with Gasteiger partial charge < -0.3 is 10.3 Å². The van der Waals surface area contributed by atoms with Crippen LogP contribution in [-0.2, 0) is 0 Å². The van der Waals surface area contributed by atoms with Crippen molar-refractivity contribution in [3.63, 3.8) is 0 Å². The molecular weight excluding hydrogens is 337 g/mol. The molecule has 1 aromatic carbocycles. The molecule has 3 heterocycles. The van der Waals surface area contributed by atoms with Gasteiger partial charge in [0.15, 0.2) is 0 Å². The van der Waals surface area contributed by atoms with Crippen LogP contribution in [0, 0.1) is 6.92 Å². The van der Waals surface area contributed by atoms with E-state index in [1.807, 2.05) is 19.2 Å². The fourth-order valence-corrected chi connectivity index (χ4v) is 3.85. The molecule has 3 aromatic heterocycles. The van der Waals surface area contributed by atoms with E-state index in [1.165, 1.54) is 4.70 Å². The highest BCUT2D eigenvalue weighted by molar-refractivity contribution is 7.18. The number of alkyl halides is 1. The summed E-state index contributed by atoms with van der Waals surface area (Å²) in [5, 5.41) is 5.00. The fourth-order valence-electron chi connectivity index (χ4n) is 2.99. The maximum Gasteiger partial charge on any atom is 0.224 e. The van der Waals surface area contributed by atoms with E-state index in [9.17, 15) is 4.39 Å². The molecular formula is C18H16FN5S. The Kier molecular flexibility index (Phi) is 3.09. The Labute approximate surface area is 147 Å². The van der Waals surface area contributed by atoms with Gasteiger partial charge in [-0.25, -0.2) is 14.4 Å². The molecule has 0 unspecified atom stereocenters. The maximum absolute atomic E-state index is 13.7. The molecule has 126 valence electrons. The molecule has 0 aliphatic heterocycles. The smallest absolute Gasteiger partial charge is 0.224 e. The Balaban J connectivity index is 1.50. The van der Waals surface area contributed by atoms with E-state index in [0.29, 0.717) is 18.8 Å². The number of anilines is 1. The number of hydrogen-bond donors (Lipinski definition) is 2. The van der Waals surface area contributed by atoms with Crippen LogP contribution in [0.2, 0.25) is 0 Å². The van der Waals surface area contributed by atoms with E-state index in [2.05, 4.69) is 37.4 Å². The van der Waals surface area contributed by atoms with Crippen LogP contribution >= 0.6 is 11.3 Å². The van der Waals surface area contributed by atoms with Crippen molar-refractivity contribution < 1.29 is 4.39 Å². The minimum atomic E-state index is -1.07. The molecule has 7 heteroatoms. The van der Waals surface area contributed by atoms with Gasteiger partial charge in [0.25, 0.3) is 0 Å². The summed E-state index contributed by atoms with van der Waals surface area (Å²) in [6.45, 7) is 2.29. The first-order valence-corrected chi connectivity index (χ1v) is 9.06. The number of nitrogens with one attached hydrogen (secondary N) is 2. The number of benzene rings is 1. The molecule has 0 bridgehead atoms. The van der Waals surface area contributed by atoms with E-state index < -0.39 is 5.67 Å². The highest BCUT2D eigenvalue weighted by Gasteiger charge is 2.43. The molecule has 1 fully saturated rings. The molecule has 1 saturated carbocycles. The van der Waals surface area contributed by atoms with Crippen LogP contribution in [0.15, 0.2) is 30.6 Å². The maximum atomic E-state index is 13.7. The predicted octanol–water partition coefficient (Wildman–Crippen LogP) is 4.46. The van der Waals surface area contributed by atoms with Crippen molar-refractivity contribution in [2.75, 3.05) is 11.9 Å². The normalized spacial score (nSPS) is 15.8. The first kappa shape index (κ1) is 14.8. The average molecular weight is 353 g/mol. The van der Waals surface area contributed by atoms with Crippen LogP contribution < -0.4 is 5.32 Å². The van der Waals surface area contributed by atoms with Gasteiger partial charge in [0, 0.05) is 23.3 Å². The lowest BCUT2D eigenvalue weighted by Crippen LogP contribution is -2.17. The summed E-state index contributed by atoms with van der Waals surface area (Å²) in [7, 11) is 0. The number of H-pyrrole nitrogens is 1. The van der Waals surface area contributed by atoms with Gasteiger partial charge in [-0.2, -0.15) is 4.98 Å². The number of rotatable bonds is 4. The lowest BCUT2D eigenvalue weighted by molar-refractivity contribution is 0.326. The standard InChI is InChI=1S/C18H16FN5S/c1-10-23-14-3-2-11(6-15(14)25-10)12-7-20-16-13(12)8-21-17(24-16)22-9-18(19)4-5-18/h2-3,6-8H,4-5,9H2,1H3,(H2,20,21,22,24). The number of thiazole rings is 1. The van der Waals surface area contributed by atoms with Gasteiger partial charge in [0.1, 0.15) is 11.3 Å². The third-order valence-electron chi connectivity index (χ3n) is 4.59. The minimum Gasteiger partial charge on any atom is -0.351 e. The zero-order valence-corrected chi connectivity index (χ0v) is 14.5. The van der Waals surface area contributed by atoms with Crippen LogP contribution in [-0.4, -0.2) is 32.1 Å². The number of aromatic nitrogens is 4. The molecule has 4 aromatic rings. The number of aryl methyl sites for hydroxylation is 1. The molecule has 5 nitrogen and oxygen atoms in total. The van der Waals surface area contributed by atoms with Gasteiger partial charge in [0.05, 0.1) is 21.8 Å². The topological polar surface area (TPSA) is 66.5 Å². The Morgan fingerprint density at radius 3 is 3.04 bits per heavy atom.